The van der Waals surface area contributed by atoms with E-state index < -0.39 is 10.0 Å². The van der Waals surface area contributed by atoms with Crippen LogP contribution in [0.4, 0.5) is 0 Å². The van der Waals surface area contributed by atoms with Crippen molar-refractivity contribution in [1.29, 1.82) is 0 Å². The van der Waals surface area contributed by atoms with Crippen LogP contribution in [0.2, 0.25) is 5.02 Å². The summed E-state index contributed by atoms with van der Waals surface area (Å²) in [7, 11) is -1.98. The predicted molar refractivity (Wildman–Crippen MR) is 83.4 cm³/mol. The molecule has 0 unspecified atom stereocenters. The fourth-order valence-electron chi connectivity index (χ4n) is 2.11. The van der Waals surface area contributed by atoms with Gasteiger partial charge in [0.25, 0.3) is 0 Å². The van der Waals surface area contributed by atoms with Crippen molar-refractivity contribution >= 4 is 21.6 Å². The number of sulfonamides is 1. The third kappa shape index (κ3) is 3.95. The molecule has 0 atom stereocenters. The number of rotatable bonds is 4. The molecule has 0 spiro atoms. The van der Waals surface area contributed by atoms with Gasteiger partial charge in [-0.05, 0) is 35.6 Å². The fraction of sp³-hybridized carbons (Fsp3) is 0.571. The summed E-state index contributed by atoms with van der Waals surface area (Å²) >= 11 is 6.01. The summed E-state index contributed by atoms with van der Waals surface area (Å²) in [5.41, 5.74) is 6.94. The molecule has 0 aliphatic carbocycles. The summed E-state index contributed by atoms with van der Waals surface area (Å²) in [6, 6.07) is 3.20. The Labute approximate surface area is 127 Å². The van der Waals surface area contributed by atoms with Gasteiger partial charge in [0.2, 0.25) is 10.0 Å². The third-order valence-electron chi connectivity index (χ3n) is 3.04. The van der Waals surface area contributed by atoms with E-state index in [2.05, 4.69) is 0 Å². The van der Waals surface area contributed by atoms with Crippen molar-refractivity contribution in [3.8, 4) is 0 Å². The molecule has 0 bridgehead atoms. The molecule has 0 saturated heterocycles. The monoisotopic (exact) mass is 318 g/mol. The lowest BCUT2D eigenvalue weighted by molar-refractivity contribution is 0.310. The first kappa shape index (κ1) is 17.4. The quantitative estimate of drug-likeness (QED) is 0.928. The van der Waals surface area contributed by atoms with Crippen molar-refractivity contribution < 1.29 is 8.42 Å². The van der Waals surface area contributed by atoms with Crippen LogP contribution in [0, 0.1) is 12.3 Å². The van der Waals surface area contributed by atoms with Crippen molar-refractivity contribution in [2.75, 3.05) is 13.6 Å². The van der Waals surface area contributed by atoms with E-state index in [0.29, 0.717) is 17.1 Å². The van der Waals surface area contributed by atoms with E-state index in [1.165, 1.54) is 10.4 Å². The van der Waals surface area contributed by atoms with Crippen molar-refractivity contribution in [3.63, 3.8) is 0 Å². The second kappa shape index (κ2) is 6.02. The van der Waals surface area contributed by atoms with E-state index >= 15 is 0 Å². The molecule has 0 saturated carbocycles. The van der Waals surface area contributed by atoms with Crippen LogP contribution < -0.4 is 5.73 Å². The van der Waals surface area contributed by atoms with Gasteiger partial charge in [-0.3, -0.25) is 0 Å². The molecule has 114 valence electrons. The minimum atomic E-state index is -3.56. The maximum atomic E-state index is 12.7. The summed E-state index contributed by atoms with van der Waals surface area (Å²) < 4.78 is 26.7. The van der Waals surface area contributed by atoms with Crippen LogP contribution in [0.3, 0.4) is 0 Å². The maximum Gasteiger partial charge on any atom is 0.243 e. The molecular weight excluding hydrogens is 296 g/mol. The van der Waals surface area contributed by atoms with Gasteiger partial charge in [0, 0.05) is 25.2 Å². The summed E-state index contributed by atoms with van der Waals surface area (Å²) in [6.07, 6.45) is 0. The van der Waals surface area contributed by atoms with Gasteiger partial charge in [-0.15, -0.1) is 0 Å². The van der Waals surface area contributed by atoms with E-state index in [0.717, 1.165) is 5.56 Å². The van der Waals surface area contributed by atoms with Crippen molar-refractivity contribution in [2.45, 2.75) is 39.1 Å². The van der Waals surface area contributed by atoms with Gasteiger partial charge >= 0.3 is 0 Å². The Morgan fingerprint density at radius 3 is 2.30 bits per heavy atom. The van der Waals surface area contributed by atoms with Crippen LogP contribution in [0.5, 0.6) is 0 Å². The average Bonchev–Trinajstić information content (AvgIpc) is 2.29. The molecule has 1 rings (SSSR count). The second-order valence-corrected chi connectivity index (χ2v) is 8.66. The van der Waals surface area contributed by atoms with Crippen molar-refractivity contribution in [2.24, 2.45) is 11.1 Å². The van der Waals surface area contributed by atoms with Crippen molar-refractivity contribution in [3.05, 3.63) is 28.3 Å². The molecule has 0 aromatic heterocycles. The number of halogens is 1. The van der Waals surface area contributed by atoms with Gasteiger partial charge in [0.1, 0.15) is 0 Å². The van der Waals surface area contributed by atoms with Gasteiger partial charge in [-0.2, -0.15) is 0 Å². The summed E-state index contributed by atoms with van der Waals surface area (Å²) in [5.74, 6) is 0. The van der Waals surface area contributed by atoms with Gasteiger partial charge in [0.05, 0.1) is 4.90 Å². The zero-order valence-corrected chi connectivity index (χ0v) is 14.3. The minimum absolute atomic E-state index is 0.120. The van der Waals surface area contributed by atoms with Crippen molar-refractivity contribution in [1.82, 2.24) is 4.31 Å². The van der Waals surface area contributed by atoms with E-state index in [9.17, 15) is 8.42 Å². The highest BCUT2D eigenvalue weighted by Crippen LogP contribution is 2.28. The molecule has 1 aromatic carbocycles. The first-order valence-corrected chi connectivity index (χ1v) is 8.26. The largest absolute Gasteiger partial charge is 0.326 e. The Balaban J connectivity index is 3.32. The molecule has 0 aliphatic heterocycles. The third-order valence-corrected chi connectivity index (χ3v) is 5.19. The summed E-state index contributed by atoms with van der Waals surface area (Å²) in [6.45, 7) is 8.44. The molecule has 0 heterocycles. The smallest absolute Gasteiger partial charge is 0.243 e. The zero-order chi connectivity index (χ0) is 15.7. The zero-order valence-electron chi connectivity index (χ0n) is 12.7. The van der Waals surface area contributed by atoms with Gasteiger partial charge < -0.3 is 5.73 Å². The lowest BCUT2D eigenvalue weighted by atomic mass is 9.97. The lowest BCUT2D eigenvalue weighted by Gasteiger charge is -2.27. The molecule has 0 aliphatic rings. The van der Waals surface area contributed by atoms with Crippen LogP contribution in [-0.2, 0) is 16.6 Å². The van der Waals surface area contributed by atoms with Crippen LogP contribution in [-0.4, -0.2) is 26.3 Å². The molecule has 0 amide bonds. The van der Waals surface area contributed by atoms with Crippen LogP contribution >= 0.6 is 11.6 Å². The second-order valence-electron chi connectivity index (χ2n) is 6.21. The van der Waals surface area contributed by atoms with Crippen LogP contribution in [0.1, 0.15) is 31.9 Å². The summed E-state index contributed by atoms with van der Waals surface area (Å²) in [4.78, 5) is 0.234. The molecule has 1 aromatic rings. The average molecular weight is 319 g/mol. The van der Waals surface area contributed by atoms with E-state index in [-0.39, 0.29) is 16.9 Å². The predicted octanol–water partition coefficient (Wildman–Crippen LogP) is 2.77. The Bertz CT molecular complexity index is 592. The number of benzene rings is 1. The number of hydrogen-bond acceptors (Lipinski definition) is 3. The topological polar surface area (TPSA) is 63.4 Å². The Morgan fingerprint density at radius 1 is 1.30 bits per heavy atom. The molecule has 0 radical (unpaired) electrons. The highest BCUT2D eigenvalue weighted by molar-refractivity contribution is 7.89. The van der Waals surface area contributed by atoms with E-state index in [1.54, 1.807) is 20.0 Å². The molecule has 20 heavy (non-hydrogen) atoms. The number of hydrogen-bond donors (Lipinski definition) is 1. The fourth-order valence-corrected chi connectivity index (χ4v) is 4.10. The van der Waals surface area contributed by atoms with E-state index in [1.807, 2.05) is 20.8 Å². The Kier molecular flexibility index (Phi) is 5.24. The number of nitrogens with two attached hydrogens (primary N) is 1. The molecule has 2 N–H and O–H groups in total. The van der Waals surface area contributed by atoms with E-state index in [4.69, 9.17) is 17.3 Å². The molecule has 4 nitrogen and oxygen atoms in total. The first-order chi connectivity index (χ1) is 8.99. The maximum absolute atomic E-state index is 12.7. The van der Waals surface area contributed by atoms with Crippen LogP contribution in [0.25, 0.3) is 0 Å². The molecule has 0 fully saturated rings. The van der Waals surface area contributed by atoms with Gasteiger partial charge in [-0.25, -0.2) is 12.7 Å². The Morgan fingerprint density at radius 2 is 1.85 bits per heavy atom. The standard InChI is InChI=1S/C14H23ClN2O2S/c1-10-11(8-16)6-12(15)7-13(10)20(18,19)17(5)9-14(2,3)4/h6-7H,8-9,16H2,1-5H3. The highest BCUT2D eigenvalue weighted by atomic mass is 35.5. The molecule has 6 heteroatoms. The Hall–Kier alpha value is -0.620. The molecular formula is C14H23ClN2O2S. The van der Waals surface area contributed by atoms with Gasteiger partial charge in [-0.1, -0.05) is 32.4 Å². The first-order valence-electron chi connectivity index (χ1n) is 6.44. The normalized spacial score (nSPS) is 13.0. The summed E-state index contributed by atoms with van der Waals surface area (Å²) in [5, 5.41) is 0.388. The minimum Gasteiger partial charge on any atom is -0.326 e. The lowest BCUT2D eigenvalue weighted by Crippen LogP contribution is -2.35. The highest BCUT2D eigenvalue weighted by Gasteiger charge is 2.27. The number of nitrogens with zero attached hydrogens (tertiary/aromatic N) is 1. The van der Waals surface area contributed by atoms with Crippen LogP contribution in [0.15, 0.2) is 17.0 Å². The SMILES string of the molecule is Cc1c(CN)cc(Cl)cc1S(=O)(=O)N(C)CC(C)(C)C. The van der Waals surface area contributed by atoms with Gasteiger partial charge in [0.15, 0.2) is 0 Å².